The van der Waals surface area contributed by atoms with E-state index in [1.165, 1.54) is 0 Å². The number of benzene rings is 1. The van der Waals surface area contributed by atoms with Crippen LogP contribution in [0.1, 0.15) is 19.8 Å². The number of anilines is 2. The summed E-state index contributed by atoms with van der Waals surface area (Å²) in [7, 11) is 1.55. The van der Waals surface area contributed by atoms with Crippen LogP contribution in [0.2, 0.25) is 0 Å². The van der Waals surface area contributed by atoms with Crippen molar-refractivity contribution < 1.29 is 14.3 Å². The van der Waals surface area contributed by atoms with E-state index in [-0.39, 0.29) is 12.5 Å². The fraction of sp³-hybridized carbons (Fsp3) is 0.462. The van der Waals surface area contributed by atoms with Crippen molar-refractivity contribution in [2.75, 3.05) is 31.4 Å². The SMILES string of the molecule is CCCCOCC(=O)Nc1ccc(OC)c(N)c1. The Kier molecular flexibility index (Phi) is 6.00. The highest BCUT2D eigenvalue weighted by Gasteiger charge is 2.05. The molecular weight excluding hydrogens is 232 g/mol. The lowest BCUT2D eigenvalue weighted by Crippen LogP contribution is -2.18. The molecule has 1 rings (SSSR count). The van der Waals surface area contributed by atoms with Gasteiger partial charge in [0.2, 0.25) is 5.91 Å². The monoisotopic (exact) mass is 252 g/mol. The molecule has 0 heterocycles. The van der Waals surface area contributed by atoms with Gasteiger partial charge in [0.25, 0.3) is 0 Å². The zero-order valence-electron chi connectivity index (χ0n) is 10.9. The Balaban J connectivity index is 2.42. The minimum Gasteiger partial charge on any atom is -0.495 e. The molecule has 0 aliphatic rings. The predicted molar refractivity (Wildman–Crippen MR) is 71.8 cm³/mol. The van der Waals surface area contributed by atoms with E-state index in [1.807, 2.05) is 0 Å². The summed E-state index contributed by atoms with van der Waals surface area (Å²) in [6.45, 7) is 2.74. The first-order valence-corrected chi connectivity index (χ1v) is 5.98. The van der Waals surface area contributed by atoms with E-state index in [2.05, 4.69) is 12.2 Å². The lowest BCUT2D eigenvalue weighted by atomic mass is 10.2. The Morgan fingerprint density at radius 2 is 2.22 bits per heavy atom. The van der Waals surface area contributed by atoms with E-state index in [4.69, 9.17) is 15.2 Å². The van der Waals surface area contributed by atoms with E-state index in [0.29, 0.717) is 23.7 Å². The number of hydrogen-bond donors (Lipinski definition) is 2. The first kappa shape index (κ1) is 14.3. The van der Waals surface area contributed by atoms with Crippen molar-refractivity contribution in [3.63, 3.8) is 0 Å². The average Bonchev–Trinajstić information content (AvgIpc) is 2.35. The standard InChI is InChI=1S/C13H20N2O3/c1-3-4-7-18-9-13(16)15-10-5-6-12(17-2)11(14)8-10/h5-6,8H,3-4,7,9,14H2,1-2H3,(H,15,16). The summed E-state index contributed by atoms with van der Waals surface area (Å²) >= 11 is 0. The fourth-order valence-electron chi connectivity index (χ4n) is 1.42. The normalized spacial score (nSPS) is 10.1. The quantitative estimate of drug-likeness (QED) is 0.575. The number of rotatable bonds is 7. The Bertz CT molecular complexity index is 394. The number of carbonyl (C=O) groups excluding carboxylic acids is 1. The van der Waals surface area contributed by atoms with Crippen molar-refractivity contribution >= 4 is 17.3 Å². The maximum atomic E-state index is 11.5. The smallest absolute Gasteiger partial charge is 0.250 e. The Morgan fingerprint density at radius 1 is 1.44 bits per heavy atom. The minimum atomic E-state index is -0.185. The van der Waals surface area contributed by atoms with E-state index in [9.17, 15) is 4.79 Å². The van der Waals surface area contributed by atoms with Gasteiger partial charge in [-0.2, -0.15) is 0 Å². The lowest BCUT2D eigenvalue weighted by Gasteiger charge is -2.09. The molecule has 0 atom stereocenters. The van der Waals surface area contributed by atoms with Crippen molar-refractivity contribution in [2.45, 2.75) is 19.8 Å². The van der Waals surface area contributed by atoms with E-state index >= 15 is 0 Å². The largest absolute Gasteiger partial charge is 0.495 e. The highest BCUT2D eigenvalue weighted by Crippen LogP contribution is 2.24. The summed E-state index contributed by atoms with van der Waals surface area (Å²) in [6.07, 6.45) is 2.01. The van der Waals surface area contributed by atoms with Crippen LogP contribution in [0, 0.1) is 0 Å². The predicted octanol–water partition coefficient (Wildman–Crippen LogP) is 2.03. The summed E-state index contributed by atoms with van der Waals surface area (Å²) in [5.74, 6) is 0.405. The first-order valence-electron chi connectivity index (χ1n) is 5.98. The number of nitrogens with two attached hydrogens (primary N) is 1. The average molecular weight is 252 g/mol. The van der Waals surface area contributed by atoms with Gasteiger partial charge in [-0.3, -0.25) is 4.79 Å². The number of nitrogens with one attached hydrogen (secondary N) is 1. The number of amides is 1. The number of methoxy groups -OCH3 is 1. The maximum absolute atomic E-state index is 11.5. The molecule has 0 fully saturated rings. The van der Waals surface area contributed by atoms with Gasteiger partial charge in [-0.25, -0.2) is 0 Å². The Morgan fingerprint density at radius 3 is 2.83 bits per heavy atom. The van der Waals surface area contributed by atoms with Gasteiger partial charge >= 0.3 is 0 Å². The number of hydrogen-bond acceptors (Lipinski definition) is 4. The highest BCUT2D eigenvalue weighted by atomic mass is 16.5. The van der Waals surface area contributed by atoms with Gasteiger partial charge in [-0.05, 0) is 24.6 Å². The third-order valence-corrected chi connectivity index (χ3v) is 2.39. The minimum absolute atomic E-state index is 0.0614. The second-order valence-corrected chi connectivity index (χ2v) is 3.91. The summed E-state index contributed by atoms with van der Waals surface area (Å²) in [5.41, 5.74) is 6.86. The van der Waals surface area contributed by atoms with Crippen molar-refractivity contribution in [2.24, 2.45) is 0 Å². The molecule has 0 spiro atoms. The number of ether oxygens (including phenoxy) is 2. The Labute approximate surface area is 107 Å². The molecule has 0 saturated carbocycles. The van der Waals surface area contributed by atoms with Crippen LogP contribution >= 0.6 is 0 Å². The molecule has 5 nitrogen and oxygen atoms in total. The first-order chi connectivity index (χ1) is 8.67. The van der Waals surface area contributed by atoms with E-state index in [0.717, 1.165) is 12.8 Å². The van der Waals surface area contributed by atoms with Crippen LogP contribution in [0.15, 0.2) is 18.2 Å². The second kappa shape index (κ2) is 7.55. The van der Waals surface area contributed by atoms with Crippen LogP contribution < -0.4 is 15.8 Å². The van der Waals surface area contributed by atoms with Gasteiger partial charge in [0.1, 0.15) is 12.4 Å². The van der Waals surface area contributed by atoms with Gasteiger partial charge in [-0.1, -0.05) is 13.3 Å². The molecule has 100 valence electrons. The number of nitrogen functional groups attached to an aromatic ring is 1. The van der Waals surface area contributed by atoms with Crippen LogP contribution in [0.3, 0.4) is 0 Å². The number of carbonyl (C=O) groups is 1. The molecule has 1 amide bonds. The van der Waals surface area contributed by atoms with Crippen molar-refractivity contribution in [1.82, 2.24) is 0 Å². The van der Waals surface area contributed by atoms with Crippen molar-refractivity contribution in [1.29, 1.82) is 0 Å². The van der Waals surface area contributed by atoms with Crippen LogP contribution in [0.4, 0.5) is 11.4 Å². The summed E-state index contributed by atoms with van der Waals surface area (Å²) < 4.78 is 10.2. The second-order valence-electron chi connectivity index (χ2n) is 3.91. The van der Waals surface area contributed by atoms with Gasteiger partial charge in [0.05, 0.1) is 12.8 Å². The van der Waals surface area contributed by atoms with Crippen molar-refractivity contribution in [3.05, 3.63) is 18.2 Å². The van der Waals surface area contributed by atoms with E-state index in [1.54, 1.807) is 25.3 Å². The summed E-state index contributed by atoms with van der Waals surface area (Å²) in [6, 6.07) is 5.10. The molecular formula is C13H20N2O3. The van der Waals surface area contributed by atoms with Crippen LogP contribution in [-0.2, 0) is 9.53 Å². The van der Waals surface area contributed by atoms with Crippen LogP contribution in [-0.4, -0.2) is 26.2 Å². The zero-order valence-corrected chi connectivity index (χ0v) is 10.9. The molecule has 0 saturated heterocycles. The topological polar surface area (TPSA) is 73.6 Å². The summed E-state index contributed by atoms with van der Waals surface area (Å²) in [5, 5.41) is 2.71. The lowest BCUT2D eigenvalue weighted by molar-refractivity contribution is -0.120. The zero-order chi connectivity index (χ0) is 13.4. The molecule has 0 aliphatic carbocycles. The van der Waals surface area contributed by atoms with E-state index < -0.39 is 0 Å². The fourth-order valence-corrected chi connectivity index (χ4v) is 1.42. The third-order valence-electron chi connectivity index (χ3n) is 2.39. The molecule has 1 aromatic carbocycles. The Hall–Kier alpha value is -1.75. The van der Waals surface area contributed by atoms with Gasteiger partial charge in [-0.15, -0.1) is 0 Å². The molecule has 18 heavy (non-hydrogen) atoms. The molecule has 0 unspecified atom stereocenters. The maximum Gasteiger partial charge on any atom is 0.250 e. The molecule has 5 heteroatoms. The molecule has 0 aromatic heterocycles. The highest BCUT2D eigenvalue weighted by molar-refractivity contribution is 5.92. The molecule has 1 aromatic rings. The molecule has 0 bridgehead atoms. The van der Waals surface area contributed by atoms with Crippen molar-refractivity contribution in [3.8, 4) is 5.75 Å². The van der Waals surface area contributed by atoms with Gasteiger partial charge in [0, 0.05) is 12.3 Å². The van der Waals surface area contributed by atoms with Gasteiger partial charge < -0.3 is 20.5 Å². The van der Waals surface area contributed by atoms with Crippen LogP contribution in [0.5, 0.6) is 5.75 Å². The summed E-state index contributed by atoms with van der Waals surface area (Å²) in [4.78, 5) is 11.5. The number of unbranched alkanes of at least 4 members (excludes halogenated alkanes) is 1. The third kappa shape index (κ3) is 4.63. The molecule has 3 N–H and O–H groups in total. The van der Waals surface area contributed by atoms with Gasteiger partial charge in [0.15, 0.2) is 0 Å². The van der Waals surface area contributed by atoms with Crippen LogP contribution in [0.25, 0.3) is 0 Å². The molecule has 0 radical (unpaired) electrons. The molecule has 0 aliphatic heterocycles.